The van der Waals surface area contributed by atoms with Gasteiger partial charge >= 0.3 is 6.03 Å². The van der Waals surface area contributed by atoms with Crippen LogP contribution in [0, 0.1) is 11.8 Å². The van der Waals surface area contributed by atoms with E-state index in [2.05, 4.69) is 17.6 Å². The molecule has 20 heavy (non-hydrogen) atoms. The lowest BCUT2D eigenvalue weighted by Crippen LogP contribution is -2.47. The van der Waals surface area contributed by atoms with Crippen LogP contribution in [0.3, 0.4) is 0 Å². The molecule has 2 aliphatic rings. The van der Waals surface area contributed by atoms with E-state index < -0.39 is 0 Å². The molecule has 0 aromatic heterocycles. The number of rotatable bonds is 4. The highest BCUT2D eigenvalue weighted by atomic mass is 16.3. The van der Waals surface area contributed by atoms with Gasteiger partial charge in [0.15, 0.2) is 0 Å². The Kier molecular flexibility index (Phi) is 6.14. The highest BCUT2D eigenvalue weighted by Gasteiger charge is 2.25. The third kappa shape index (κ3) is 4.65. The predicted molar refractivity (Wildman–Crippen MR) is 80.5 cm³/mol. The fraction of sp³-hybridized carbons (Fsp3) is 0.938. The molecule has 4 nitrogen and oxygen atoms in total. The normalized spacial score (nSPS) is 34.5. The first kappa shape index (κ1) is 15.6. The van der Waals surface area contributed by atoms with Gasteiger partial charge in [0, 0.05) is 12.6 Å². The number of carbonyl (C=O) groups is 1. The van der Waals surface area contributed by atoms with Crippen LogP contribution in [-0.4, -0.2) is 29.8 Å². The monoisotopic (exact) mass is 282 g/mol. The molecule has 0 spiro atoms. The van der Waals surface area contributed by atoms with E-state index in [4.69, 9.17) is 0 Å². The molecule has 4 heteroatoms. The average molecular weight is 282 g/mol. The first-order chi connectivity index (χ1) is 9.69. The average Bonchev–Trinajstić information content (AvgIpc) is 2.46. The summed E-state index contributed by atoms with van der Waals surface area (Å²) in [6, 6.07) is 0.334. The Morgan fingerprint density at radius 3 is 2.70 bits per heavy atom. The van der Waals surface area contributed by atoms with Gasteiger partial charge in [0.25, 0.3) is 0 Å². The van der Waals surface area contributed by atoms with Crippen molar-refractivity contribution in [2.24, 2.45) is 11.8 Å². The SMILES string of the molecule is CCC1CCCCC1NC(=O)NCC1CCCC(O)C1. The van der Waals surface area contributed by atoms with Crippen molar-refractivity contribution in [2.75, 3.05) is 6.54 Å². The minimum Gasteiger partial charge on any atom is -0.393 e. The Balaban J connectivity index is 1.69. The van der Waals surface area contributed by atoms with Gasteiger partial charge in [-0.15, -0.1) is 0 Å². The fourth-order valence-corrected chi connectivity index (χ4v) is 3.79. The zero-order valence-corrected chi connectivity index (χ0v) is 12.7. The van der Waals surface area contributed by atoms with E-state index in [0.29, 0.717) is 24.4 Å². The molecule has 116 valence electrons. The van der Waals surface area contributed by atoms with Crippen molar-refractivity contribution in [3.63, 3.8) is 0 Å². The van der Waals surface area contributed by atoms with Crippen LogP contribution in [-0.2, 0) is 0 Å². The number of nitrogens with one attached hydrogen (secondary N) is 2. The summed E-state index contributed by atoms with van der Waals surface area (Å²) in [5, 5.41) is 15.8. The van der Waals surface area contributed by atoms with E-state index in [1.54, 1.807) is 0 Å². The van der Waals surface area contributed by atoms with Crippen LogP contribution in [0.2, 0.25) is 0 Å². The summed E-state index contributed by atoms with van der Waals surface area (Å²) < 4.78 is 0. The van der Waals surface area contributed by atoms with Crippen LogP contribution in [0.15, 0.2) is 0 Å². The summed E-state index contributed by atoms with van der Waals surface area (Å²) in [4.78, 5) is 12.0. The van der Waals surface area contributed by atoms with Crippen molar-refractivity contribution in [1.82, 2.24) is 10.6 Å². The summed E-state index contributed by atoms with van der Waals surface area (Å²) in [5.41, 5.74) is 0. The van der Waals surface area contributed by atoms with Gasteiger partial charge in [-0.05, 0) is 43.9 Å². The van der Waals surface area contributed by atoms with Crippen LogP contribution in [0.1, 0.15) is 64.7 Å². The lowest BCUT2D eigenvalue weighted by atomic mass is 9.83. The number of carbonyl (C=O) groups excluding carboxylic acids is 1. The van der Waals surface area contributed by atoms with E-state index in [1.165, 1.54) is 19.3 Å². The quantitative estimate of drug-likeness (QED) is 0.742. The number of hydrogen-bond acceptors (Lipinski definition) is 2. The molecule has 3 N–H and O–H groups in total. The molecule has 2 fully saturated rings. The molecule has 2 aliphatic carbocycles. The van der Waals surface area contributed by atoms with Gasteiger partial charge in [-0.1, -0.05) is 32.6 Å². The van der Waals surface area contributed by atoms with E-state index in [-0.39, 0.29) is 12.1 Å². The highest BCUT2D eigenvalue weighted by molar-refractivity contribution is 5.74. The lowest BCUT2D eigenvalue weighted by molar-refractivity contribution is 0.101. The zero-order chi connectivity index (χ0) is 14.4. The van der Waals surface area contributed by atoms with Crippen molar-refractivity contribution in [3.8, 4) is 0 Å². The summed E-state index contributed by atoms with van der Waals surface area (Å²) in [6.07, 6.45) is 9.85. The Morgan fingerprint density at radius 2 is 1.95 bits per heavy atom. The van der Waals surface area contributed by atoms with E-state index in [1.807, 2.05) is 0 Å². The topological polar surface area (TPSA) is 61.4 Å². The Bertz CT molecular complexity index is 309. The molecule has 2 saturated carbocycles. The largest absolute Gasteiger partial charge is 0.393 e. The van der Waals surface area contributed by atoms with Crippen molar-refractivity contribution >= 4 is 6.03 Å². The second kappa shape index (κ2) is 7.87. The minimum atomic E-state index is -0.165. The number of aliphatic hydroxyl groups excluding tert-OH is 1. The van der Waals surface area contributed by atoms with Gasteiger partial charge in [-0.25, -0.2) is 4.79 Å². The number of urea groups is 1. The van der Waals surface area contributed by atoms with Gasteiger partial charge in [-0.3, -0.25) is 0 Å². The summed E-state index contributed by atoms with van der Waals surface area (Å²) in [6.45, 7) is 2.92. The van der Waals surface area contributed by atoms with Gasteiger partial charge in [0.05, 0.1) is 6.10 Å². The van der Waals surface area contributed by atoms with E-state index in [9.17, 15) is 9.90 Å². The van der Waals surface area contributed by atoms with E-state index >= 15 is 0 Å². The predicted octanol–water partition coefficient (Wildman–Crippen LogP) is 2.81. The minimum absolute atomic E-state index is 0.0181. The second-order valence-corrected chi connectivity index (χ2v) is 6.60. The van der Waals surface area contributed by atoms with Crippen LogP contribution >= 0.6 is 0 Å². The maximum Gasteiger partial charge on any atom is 0.315 e. The first-order valence-corrected chi connectivity index (χ1v) is 8.41. The third-order valence-electron chi connectivity index (χ3n) is 5.06. The number of hydrogen-bond donors (Lipinski definition) is 3. The molecule has 4 atom stereocenters. The molecule has 0 saturated heterocycles. The van der Waals surface area contributed by atoms with E-state index in [0.717, 1.165) is 38.5 Å². The standard InChI is InChI=1S/C16H30N2O2/c1-2-13-7-3-4-9-15(13)18-16(20)17-11-12-6-5-8-14(19)10-12/h12-15,19H,2-11H2,1H3,(H2,17,18,20). The molecule has 0 heterocycles. The lowest BCUT2D eigenvalue weighted by Gasteiger charge is -2.32. The smallest absolute Gasteiger partial charge is 0.315 e. The number of amides is 2. The molecular formula is C16H30N2O2. The molecule has 0 aliphatic heterocycles. The zero-order valence-electron chi connectivity index (χ0n) is 12.7. The van der Waals surface area contributed by atoms with Crippen LogP contribution in [0.4, 0.5) is 4.79 Å². The first-order valence-electron chi connectivity index (χ1n) is 8.41. The summed E-state index contributed by atoms with van der Waals surface area (Å²) >= 11 is 0. The van der Waals surface area contributed by atoms with Crippen molar-refractivity contribution in [1.29, 1.82) is 0 Å². The summed E-state index contributed by atoms with van der Waals surface area (Å²) in [7, 11) is 0. The molecule has 0 aromatic carbocycles. The van der Waals surface area contributed by atoms with Crippen molar-refractivity contribution < 1.29 is 9.90 Å². The third-order valence-corrected chi connectivity index (χ3v) is 5.06. The van der Waals surface area contributed by atoms with Crippen molar-refractivity contribution in [3.05, 3.63) is 0 Å². The highest BCUT2D eigenvalue weighted by Crippen LogP contribution is 2.27. The maximum atomic E-state index is 12.0. The summed E-state index contributed by atoms with van der Waals surface area (Å²) in [5.74, 6) is 1.09. The Labute approximate surface area is 122 Å². The van der Waals surface area contributed by atoms with Gasteiger partial charge in [-0.2, -0.15) is 0 Å². The molecule has 2 rings (SSSR count). The van der Waals surface area contributed by atoms with Gasteiger partial charge in [0.1, 0.15) is 0 Å². The van der Waals surface area contributed by atoms with Gasteiger partial charge < -0.3 is 15.7 Å². The van der Waals surface area contributed by atoms with Crippen molar-refractivity contribution in [2.45, 2.75) is 76.9 Å². The van der Waals surface area contributed by atoms with Crippen LogP contribution in [0.5, 0.6) is 0 Å². The number of aliphatic hydroxyl groups is 1. The maximum absolute atomic E-state index is 12.0. The molecule has 0 radical (unpaired) electrons. The Morgan fingerprint density at radius 1 is 1.15 bits per heavy atom. The van der Waals surface area contributed by atoms with Gasteiger partial charge in [0.2, 0.25) is 0 Å². The molecular weight excluding hydrogens is 252 g/mol. The second-order valence-electron chi connectivity index (χ2n) is 6.60. The molecule has 0 bridgehead atoms. The Hall–Kier alpha value is -0.770. The molecule has 4 unspecified atom stereocenters. The van der Waals surface area contributed by atoms with Crippen LogP contribution < -0.4 is 10.6 Å². The van der Waals surface area contributed by atoms with Crippen LogP contribution in [0.25, 0.3) is 0 Å². The fourth-order valence-electron chi connectivity index (χ4n) is 3.79. The molecule has 2 amide bonds. The molecule has 0 aromatic rings.